The van der Waals surface area contributed by atoms with Crippen LogP contribution in [0.3, 0.4) is 0 Å². The molecule has 0 saturated heterocycles. The summed E-state index contributed by atoms with van der Waals surface area (Å²) in [4.78, 5) is 24.2. The van der Waals surface area contributed by atoms with Crippen LogP contribution in [0.25, 0.3) is 0 Å². The first kappa shape index (κ1) is 18.1. The van der Waals surface area contributed by atoms with Crippen molar-refractivity contribution < 1.29 is 9.90 Å². The first-order chi connectivity index (χ1) is 12.1. The minimum Gasteiger partial charge on any atom is -0.395 e. The molecule has 0 saturated carbocycles. The van der Waals surface area contributed by atoms with Crippen LogP contribution in [-0.4, -0.2) is 39.0 Å². The lowest BCUT2D eigenvalue weighted by atomic mass is 9.85. The van der Waals surface area contributed by atoms with Crippen molar-refractivity contribution >= 4 is 17.2 Å². The minimum atomic E-state index is -0.0428. The zero-order valence-electron chi connectivity index (χ0n) is 15.0. The molecule has 1 amide bonds. The largest absolute Gasteiger partial charge is 0.395 e. The van der Waals surface area contributed by atoms with Gasteiger partial charge in [-0.2, -0.15) is 0 Å². The van der Waals surface area contributed by atoms with E-state index in [0.717, 1.165) is 35.0 Å². The summed E-state index contributed by atoms with van der Waals surface area (Å²) in [6.07, 6.45) is 7.57. The number of aliphatic hydroxyl groups excluding tert-OH is 1. The van der Waals surface area contributed by atoms with Gasteiger partial charge >= 0.3 is 0 Å². The number of amides is 1. The molecule has 0 aliphatic heterocycles. The van der Waals surface area contributed by atoms with Crippen molar-refractivity contribution in [3.05, 3.63) is 39.1 Å². The Balaban J connectivity index is 1.75. The van der Waals surface area contributed by atoms with Gasteiger partial charge in [-0.1, -0.05) is 19.8 Å². The smallest absolute Gasteiger partial charge is 0.264 e. The quantitative estimate of drug-likeness (QED) is 0.795. The Bertz CT molecular complexity index is 722. The number of hydrogen-bond acceptors (Lipinski definition) is 4. The van der Waals surface area contributed by atoms with Crippen molar-refractivity contribution in [3.63, 3.8) is 0 Å². The molecule has 2 N–H and O–H groups in total. The fourth-order valence-corrected chi connectivity index (χ4v) is 4.79. The van der Waals surface area contributed by atoms with Gasteiger partial charge in [0.05, 0.1) is 30.1 Å². The van der Waals surface area contributed by atoms with Crippen LogP contribution in [-0.2, 0) is 19.4 Å². The number of aryl methyl sites for hydroxylation is 2. The average molecular weight is 362 g/mol. The van der Waals surface area contributed by atoms with Crippen LogP contribution in [0.5, 0.6) is 0 Å². The van der Waals surface area contributed by atoms with Crippen LogP contribution >= 0.6 is 11.3 Å². The molecule has 0 fully saturated rings. The van der Waals surface area contributed by atoms with E-state index < -0.39 is 0 Å². The van der Waals surface area contributed by atoms with Crippen LogP contribution in [0.1, 0.15) is 57.7 Å². The number of nitrogens with one attached hydrogen (secondary N) is 1. The molecule has 0 bridgehead atoms. The molecular formula is C19H27N3O2S. The Kier molecular flexibility index (Phi) is 5.91. The highest BCUT2D eigenvalue weighted by Crippen LogP contribution is 2.34. The number of imidazole rings is 1. The molecule has 1 atom stereocenters. The SMILES string of the molecule is CCCC1CCc2sc(C(=O)N(CCO)Cc3nc[nH]c3C)cc2C1. The third-order valence-corrected chi connectivity index (χ3v) is 6.25. The standard InChI is InChI=1S/C19H27N3O2S/c1-3-4-14-5-6-17-15(9-14)10-18(25-17)19(24)22(7-8-23)11-16-13(2)20-12-21-16/h10,12,14,23H,3-9,11H2,1-2H3,(H,20,21). The number of thiophene rings is 1. The molecule has 2 aromatic heterocycles. The molecule has 6 heteroatoms. The second kappa shape index (κ2) is 8.15. The van der Waals surface area contributed by atoms with E-state index in [2.05, 4.69) is 23.0 Å². The van der Waals surface area contributed by atoms with Gasteiger partial charge in [0, 0.05) is 17.1 Å². The van der Waals surface area contributed by atoms with Gasteiger partial charge in [0.1, 0.15) is 0 Å². The highest BCUT2D eigenvalue weighted by atomic mass is 32.1. The van der Waals surface area contributed by atoms with Crippen molar-refractivity contribution in [2.24, 2.45) is 5.92 Å². The summed E-state index contributed by atoms with van der Waals surface area (Å²) in [6.45, 7) is 4.89. The van der Waals surface area contributed by atoms with Crippen molar-refractivity contribution in [2.45, 2.75) is 52.5 Å². The van der Waals surface area contributed by atoms with E-state index in [1.54, 1.807) is 22.6 Å². The number of carbonyl (C=O) groups excluding carboxylic acids is 1. The molecule has 1 unspecified atom stereocenters. The van der Waals surface area contributed by atoms with Crippen LogP contribution in [0, 0.1) is 12.8 Å². The maximum atomic E-state index is 13.0. The van der Waals surface area contributed by atoms with E-state index in [9.17, 15) is 9.90 Å². The number of nitrogens with zero attached hydrogens (tertiary/aromatic N) is 2. The first-order valence-electron chi connectivity index (χ1n) is 9.13. The number of aliphatic hydroxyl groups is 1. The van der Waals surface area contributed by atoms with Crippen LogP contribution < -0.4 is 0 Å². The van der Waals surface area contributed by atoms with Crippen molar-refractivity contribution in [2.75, 3.05) is 13.2 Å². The summed E-state index contributed by atoms with van der Waals surface area (Å²) in [7, 11) is 0. The molecule has 1 aliphatic rings. The van der Waals surface area contributed by atoms with Gasteiger partial charge in [0.2, 0.25) is 0 Å². The second-order valence-corrected chi connectivity index (χ2v) is 8.02. The average Bonchev–Trinajstić information content (AvgIpc) is 3.20. The van der Waals surface area contributed by atoms with Gasteiger partial charge in [-0.05, 0) is 43.7 Å². The van der Waals surface area contributed by atoms with E-state index in [-0.39, 0.29) is 12.5 Å². The fraction of sp³-hybridized carbons (Fsp3) is 0.579. The van der Waals surface area contributed by atoms with E-state index in [1.807, 2.05) is 6.92 Å². The van der Waals surface area contributed by atoms with E-state index in [1.165, 1.54) is 29.7 Å². The highest BCUT2D eigenvalue weighted by molar-refractivity contribution is 7.14. The van der Waals surface area contributed by atoms with Gasteiger partial charge < -0.3 is 15.0 Å². The van der Waals surface area contributed by atoms with E-state index in [4.69, 9.17) is 0 Å². The Morgan fingerprint density at radius 3 is 3.04 bits per heavy atom. The van der Waals surface area contributed by atoms with E-state index in [0.29, 0.717) is 13.1 Å². The molecule has 2 aromatic rings. The number of aromatic amines is 1. The number of rotatable bonds is 7. The van der Waals surface area contributed by atoms with E-state index >= 15 is 0 Å². The van der Waals surface area contributed by atoms with Crippen molar-refractivity contribution in [3.8, 4) is 0 Å². The monoisotopic (exact) mass is 361 g/mol. The molecular weight excluding hydrogens is 334 g/mol. The lowest BCUT2D eigenvalue weighted by Gasteiger charge is -2.21. The molecule has 1 aliphatic carbocycles. The number of carbonyl (C=O) groups is 1. The summed E-state index contributed by atoms with van der Waals surface area (Å²) in [5.74, 6) is 0.762. The normalized spacial score (nSPS) is 16.7. The number of fused-ring (bicyclic) bond motifs is 1. The molecule has 25 heavy (non-hydrogen) atoms. The molecule has 136 valence electrons. The Hall–Kier alpha value is -1.66. The Morgan fingerprint density at radius 2 is 2.36 bits per heavy atom. The number of hydrogen-bond donors (Lipinski definition) is 2. The van der Waals surface area contributed by atoms with Gasteiger partial charge in [0.15, 0.2) is 0 Å². The summed E-state index contributed by atoms with van der Waals surface area (Å²) >= 11 is 1.63. The van der Waals surface area contributed by atoms with Gasteiger partial charge in [-0.25, -0.2) is 4.98 Å². The number of H-pyrrole nitrogens is 1. The maximum absolute atomic E-state index is 13.0. The predicted octanol–water partition coefficient (Wildman–Crippen LogP) is 3.32. The topological polar surface area (TPSA) is 69.2 Å². The highest BCUT2D eigenvalue weighted by Gasteiger charge is 2.25. The zero-order valence-corrected chi connectivity index (χ0v) is 15.9. The van der Waals surface area contributed by atoms with Crippen molar-refractivity contribution in [1.29, 1.82) is 0 Å². The maximum Gasteiger partial charge on any atom is 0.264 e. The molecule has 0 aromatic carbocycles. The summed E-state index contributed by atoms with van der Waals surface area (Å²) in [5, 5.41) is 9.37. The van der Waals surface area contributed by atoms with Gasteiger partial charge in [-0.15, -0.1) is 11.3 Å². The molecule has 5 nitrogen and oxygen atoms in total. The van der Waals surface area contributed by atoms with Gasteiger partial charge in [0.25, 0.3) is 5.91 Å². The molecule has 2 heterocycles. The Morgan fingerprint density at radius 1 is 1.52 bits per heavy atom. The Labute approximate surface area is 153 Å². The summed E-state index contributed by atoms with van der Waals surface area (Å²) < 4.78 is 0. The molecule has 0 radical (unpaired) electrons. The first-order valence-corrected chi connectivity index (χ1v) is 9.94. The summed E-state index contributed by atoms with van der Waals surface area (Å²) in [5.41, 5.74) is 3.17. The third kappa shape index (κ3) is 4.12. The third-order valence-electron chi connectivity index (χ3n) is 5.02. The summed E-state index contributed by atoms with van der Waals surface area (Å²) in [6, 6.07) is 2.09. The lowest BCUT2D eigenvalue weighted by Crippen LogP contribution is -2.33. The molecule has 3 rings (SSSR count). The zero-order chi connectivity index (χ0) is 17.8. The lowest BCUT2D eigenvalue weighted by molar-refractivity contribution is 0.0710. The van der Waals surface area contributed by atoms with Crippen LogP contribution in [0.15, 0.2) is 12.4 Å². The van der Waals surface area contributed by atoms with Crippen LogP contribution in [0.2, 0.25) is 0 Å². The van der Waals surface area contributed by atoms with Crippen LogP contribution in [0.4, 0.5) is 0 Å². The van der Waals surface area contributed by atoms with Gasteiger partial charge in [-0.3, -0.25) is 4.79 Å². The van der Waals surface area contributed by atoms with Crippen molar-refractivity contribution in [1.82, 2.24) is 14.9 Å². The minimum absolute atomic E-state index is 0.00268. The molecule has 0 spiro atoms. The fourth-order valence-electron chi connectivity index (χ4n) is 3.62. The second-order valence-electron chi connectivity index (χ2n) is 6.88. The predicted molar refractivity (Wildman–Crippen MR) is 99.9 cm³/mol. The number of aromatic nitrogens is 2.